The summed E-state index contributed by atoms with van der Waals surface area (Å²) < 4.78 is 2.40. The molecule has 0 unspecified atom stereocenters. The van der Waals surface area contributed by atoms with E-state index in [0.29, 0.717) is 23.7 Å². The van der Waals surface area contributed by atoms with E-state index in [-0.39, 0.29) is 0 Å². The van der Waals surface area contributed by atoms with Gasteiger partial charge in [-0.05, 0) is 101 Å². The second-order valence-electron chi connectivity index (χ2n) is 17.4. The zero-order valence-corrected chi connectivity index (χ0v) is 36.7. The van der Waals surface area contributed by atoms with Crippen molar-refractivity contribution in [3.63, 3.8) is 0 Å². The Balaban J connectivity index is 0.000000194. The third-order valence-electron chi connectivity index (χ3n) is 10.3. The molecule has 0 fully saturated rings. The van der Waals surface area contributed by atoms with Crippen molar-refractivity contribution in [1.29, 1.82) is 0 Å². The van der Waals surface area contributed by atoms with Crippen molar-refractivity contribution in [2.24, 2.45) is 23.7 Å². The zero-order valence-electron chi connectivity index (χ0n) is 36.7. The molecule has 1 heterocycles. The molecule has 2 N–H and O–H groups in total. The van der Waals surface area contributed by atoms with Gasteiger partial charge in [-0.25, -0.2) is 4.98 Å². The minimum absolute atomic E-state index is 0.595. The highest BCUT2D eigenvalue weighted by molar-refractivity contribution is 5.84. The average molecular weight is 784 g/mol. The number of nitrogens with zero attached hydrogens (tertiary/aromatic N) is 2. The molecule has 0 spiro atoms. The maximum absolute atomic E-state index is 10.0. The van der Waals surface area contributed by atoms with Crippen LogP contribution >= 0.6 is 0 Å². The van der Waals surface area contributed by atoms with Crippen LogP contribution in [0, 0.1) is 23.7 Å². The van der Waals surface area contributed by atoms with Crippen molar-refractivity contribution in [3.05, 3.63) is 185 Å². The van der Waals surface area contributed by atoms with Gasteiger partial charge < -0.3 is 5.73 Å². The summed E-state index contributed by atoms with van der Waals surface area (Å²) in [5.74, 6) is 3.55. The van der Waals surface area contributed by atoms with E-state index in [1.165, 1.54) is 44.6 Å². The lowest BCUT2D eigenvalue weighted by Gasteiger charge is -2.21. The van der Waals surface area contributed by atoms with Crippen molar-refractivity contribution >= 4 is 23.0 Å². The largest absolute Gasteiger partial charge is 0.398 e. The lowest BCUT2D eigenvalue weighted by Crippen LogP contribution is -2.10. The van der Waals surface area contributed by atoms with Crippen LogP contribution in [0.25, 0.3) is 28.1 Å². The van der Waals surface area contributed by atoms with Gasteiger partial charge in [-0.15, -0.1) is 0 Å². The number of rotatable bonds is 13. The van der Waals surface area contributed by atoms with Gasteiger partial charge in [0, 0.05) is 23.2 Å². The molecule has 7 rings (SSSR count). The van der Waals surface area contributed by atoms with Gasteiger partial charge in [-0.1, -0.05) is 183 Å². The maximum atomic E-state index is 10.0. The predicted molar refractivity (Wildman–Crippen MR) is 253 cm³/mol. The van der Waals surface area contributed by atoms with Gasteiger partial charge in [0.25, 0.3) is 0 Å². The Bertz CT molecular complexity index is 2300. The Morgan fingerprint density at radius 2 is 0.949 bits per heavy atom. The van der Waals surface area contributed by atoms with Gasteiger partial charge in [-0.3, -0.25) is 9.36 Å². The van der Waals surface area contributed by atoms with Crippen LogP contribution in [0.15, 0.2) is 146 Å². The van der Waals surface area contributed by atoms with E-state index in [9.17, 15) is 4.79 Å². The molecule has 0 bridgehead atoms. The first-order chi connectivity index (χ1) is 28.4. The number of nitrogens with two attached hydrogens (primary N) is 1. The smallest absolute Gasteiger partial charge is 0.150 e. The first-order valence-corrected chi connectivity index (χ1v) is 21.5. The summed E-state index contributed by atoms with van der Waals surface area (Å²) in [5.41, 5.74) is 21.0. The number of carbonyl (C=O) groups is 1. The van der Waals surface area contributed by atoms with Gasteiger partial charge in [-0.2, -0.15) is 0 Å². The third-order valence-corrected chi connectivity index (χ3v) is 10.3. The van der Waals surface area contributed by atoms with E-state index in [1.807, 2.05) is 30.3 Å². The number of imidazole rings is 1. The Labute approximate surface area is 354 Å². The summed E-state index contributed by atoms with van der Waals surface area (Å²) in [7, 11) is 0. The molecule has 4 heteroatoms. The highest BCUT2D eigenvalue weighted by Crippen LogP contribution is 2.34. The fourth-order valence-corrected chi connectivity index (χ4v) is 7.77. The van der Waals surface area contributed by atoms with E-state index < -0.39 is 0 Å². The molecule has 1 aromatic heterocycles. The predicted octanol–water partition coefficient (Wildman–Crippen LogP) is 13.8. The van der Waals surface area contributed by atoms with Crippen LogP contribution in [-0.4, -0.2) is 15.8 Å². The lowest BCUT2D eigenvalue weighted by molar-refractivity contribution is 0.112. The van der Waals surface area contributed by atoms with Gasteiger partial charge in [0.1, 0.15) is 12.1 Å². The van der Waals surface area contributed by atoms with Crippen LogP contribution < -0.4 is 5.73 Å². The van der Waals surface area contributed by atoms with Crippen LogP contribution in [0.3, 0.4) is 0 Å². The second kappa shape index (κ2) is 21.9. The first-order valence-electron chi connectivity index (χ1n) is 21.5. The Morgan fingerprint density at radius 1 is 0.508 bits per heavy atom. The molecule has 7 aromatic rings. The summed E-state index contributed by atoms with van der Waals surface area (Å²) in [6, 6.07) is 50.0. The minimum atomic E-state index is 0.595. The number of aromatic nitrogens is 2. The topological polar surface area (TPSA) is 60.9 Å². The Morgan fingerprint density at radius 3 is 1.46 bits per heavy atom. The van der Waals surface area contributed by atoms with Gasteiger partial charge in [0.05, 0.1) is 16.7 Å². The number of hydrogen-bond donors (Lipinski definition) is 1. The maximum Gasteiger partial charge on any atom is 0.150 e. The summed E-state index contributed by atoms with van der Waals surface area (Å²) in [4.78, 5) is 15.1. The summed E-state index contributed by atoms with van der Waals surface area (Å²) in [5, 5.41) is 0. The van der Waals surface area contributed by atoms with Crippen molar-refractivity contribution in [3.8, 4) is 17.1 Å². The summed E-state index contributed by atoms with van der Waals surface area (Å²) in [6.07, 6.45) is 6.16. The number of carbonyl (C=O) groups excluding carboxylic acids is 1. The number of benzene rings is 6. The first kappa shape index (κ1) is 44.4. The molecule has 0 atom stereocenters. The quantitative estimate of drug-likeness (QED) is 0.0936. The SMILES string of the molecule is CC(C)Cc1cccc(CC(C)C)c1-n1c(-c2ccccc2)nc2ccccc21.CC(C)Cc1cccc(CC(C)C)c1Cc1ccccc1N.O=Cc1ccccc1. The normalized spacial score (nSPS) is 11.1. The number of para-hydroxylation sites is 4. The third kappa shape index (κ3) is 12.6. The van der Waals surface area contributed by atoms with Crippen molar-refractivity contribution in [1.82, 2.24) is 9.55 Å². The monoisotopic (exact) mass is 784 g/mol. The van der Waals surface area contributed by atoms with Gasteiger partial charge in [0.15, 0.2) is 0 Å². The number of anilines is 1. The number of hydrogen-bond acceptors (Lipinski definition) is 3. The highest BCUT2D eigenvalue weighted by Gasteiger charge is 2.20. The fraction of sp³-hybridized carbons (Fsp3) is 0.309. The highest BCUT2D eigenvalue weighted by atomic mass is 16.1. The van der Waals surface area contributed by atoms with E-state index >= 15 is 0 Å². The molecule has 59 heavy (non-hydrogen) atoms. The van der Waals surface area contributed by atoms with Gasteiger partial charge in [0.2, 0.25) is 0 Å². The van der Waals surface area contributed by atoms with Crippen molar-refractivity contribution in [2.45, 2.75) is 87.5 Å². The summed E-state index contributed by atoms with van der Waals surface area (Å²) >= 11 is 0. The Hall–Kier alpha value is -5.74. The molecule has 306 valence electrons. The van der Waals surface area contributed by atoms with E-state index in [0.717, 1.165) is 66.5 Å². The van der Waals surface area contributed by atoms with Crippen molar-refractivity contribution in [2.75, 3.05) is 5.73 Å². The number of aldehydes is 1. The number of nitrogen functional groups attached to an aromatic ring is 1. The molecule has 4 nitrogen and oxygen atoms in total. The molecule has 0 aliphatic heterocycles. The van der Waals surface area contributed by atoms with Crippen LogP contribution in [0.2, 0.25) is 0 Å². The minimum Gasteiger partial charge on any atom is -0.398 e. The molecule has 0 radical (unpaired) electrons. The second-order valence-corrected chi connectivity index (χ2v) is 17.4. The molecular formula is C55H65N3O. The zero-order chi connectivity index (χ0) is 42.3. The lowest BCUT2D eigenvalue weighted by atomic mass is 9.87. The molecule has 0 aliphatic rings. The van der Waals surface area contributed by atoms with Crippen LogP contribution in [0.1, 0.15) is 99.1 Å². The standard InChI is InChI=1S/C27H30N2.C21H29N.C7H6O/c1-19(2)17-22-13-10-14-23(18-20(3)4)26(22)29-25-16-9-8-15-24(25)28-27(29)21-11-6-5-7-12-21;1-15(2)12-17-9-7-10-18(13-16(3)4)20(17)14-19-8-5-6-11-21(19)22;8-6-7-4-2-1-3-5-7/h5-16,19-20H,17-18H2,1-4H3;5-11,15-16H,12-14,22H2,1-4H3;1-6H. The van der Waals surface area contributed by atoms with Crippen LogP contribution in [0.4, 0.5) is 5.69 Å². The molecule has 0 saturated carbocycles. The average Bonchev–Trinajstić information content (AvgIpc) is 3.59. The van der Waals surface area contributed by atoms with E-state index in [2.05, 4.69) is 163 Å². The molecule has 0 amide bonds. The van der Waals surface area contributed by atoms with Gasteiger partial charge >= 0.3 is 0 Å². The molecule has 6 aromatic carbocycles. The van der Waals surface area contributed by atoms with E-state index in [4.69, 9.17) is 10.7 Å². The molecular weight excluding hydrogens is 719 g/mol. The summed E-state index contributed by atoms with van der Waals surface area (Å²) in [6.45, 7) is 18.3. The number of fused-ring (bicyclic) bond motifs is 1. The molecule has 0 saturated heterocycles. The van der Waals surface area contributed by atoms with E-state index in [1.54, 1.807) is 12.1 Å². The van der Waals surface area contributed by atoms with Crippen LogP contribution in [0.5, 0.6) is 0 Å². The fourth-order valence-electron chi connectivity index (χ4n) is 7.77. The molecule has 0 aliphatic carbocycles. The Kier molecular flexibility index (Phi) is 16.4. The van der Waals surface area contributed by atoms with Crippen LogP contribution in [-0.2, 0) is 32.1 Å². The van der Waals surface area contributed by atoms with Crippen molar-refractivity contribution < 1.29 is 4.79 Å².